The molecule has 0 aromatic heterocycles. The predicted octanol–water partition coefficient (Wildman–Crippen LogP) is 1.76. The van der Waals surface area contributed by atoms with Crippen molar-refractivity contribution in [3.63, 3.8) is 0 Å². The molecule has 1 fully saturated rings. The summed E-state index contributed by atoms with van der Waals surface area (Å²) in [7, 11) is 1.45. The van der Waals surface area contributed by atoms with Crippen molar-refractivity contribution < 1.29 is 9.53 Å². The van der Waals surface area contributed by atoms with Crippen molar-refractivity contribution in [2.45, 2.75) is 19.8 Å². The van der Waals surface area contributed by atoms with Crippen molar-refractivity contribution in [1.29, 1.82) is 0 Å². The van der Waals surface area contributed by atoms with Gasteiger partial charge in [0.2, 0.25) is 0 Å². The minimum atomic E-state index is -0.0595. The molecular weight excluding hydrogens is 140 g/mol. The highest BCUT2D eigenvalue weighted by Crippen LogP contribution is 2.40. The maximum atomic E-state index is 10.9. The van der Waals surface area contributed by atoms with Crippen LogP contribution >= 0.6 is 0 Å². The average molecular weight is 154 g/mol. The lowest BCUT2D eigenvalue weighted by Crippen LogP contribution is -2.03. The molecule has 0 saturated heterocycles. The minimum Gasteiger partial charge on any atom is -0.469 e. The van der Waals surface area contributed by atoms with Gasteiger partial charge >= 0.3 is 5.97 Å². The van der Waals surface area contributed by atoms with Gasteiger partial charge in [-0.2, -0.15) is 0 Å². The number of ether oxygens (including phenoxy) is 1. The highest BCUT2D eigenvalue weighted by molar-refractivity contribution is 5.76. The molecule has 2 nitrogen and oxygen atoms in total. The van der Waals surface area contributed by atoms with Crippen LogP contribution in [0.15, 0.2) is 12.2 Å². The summed E-state index contributed by atoms with van der Waals surface area (Å²) in [6, 6.07) is 0. The first-order valence-electron chi connectivity index (χ1n) is 4.04. The Hall–Kier alpha value is -0.790. The fourth-order valence-electron chi connectivity index (χ4n) is 1.16. The molecule has 1 saturated carbocycles. The Morgan fingerprint density at radius 2 is 2.45 bits per heavy atom. The summed E-state index contributed by atoms with van der Waals surface area (Å²) in [4.78, 5) is 10.9. The summed E-state index contributed by atoms with van der Waals surface area (Å²) in [5.74, 6) is 0.556. The second-order valence-electron chi connectivity index (χ2n) is 2.87. The zero-order valence-electron chi connectivity index (χ0n) is 7.04. The molecule has 62 valence electrons. The molecule has 1 rings (SSSR count). The summed E-state index contributed by atoms with van der Waals surface area (Å²) in [5, 5.41) is 0. The van der Waals surface area contributed by atoms with Gasteiger partial charge in [0.1, 0.15) is 0 Å². The standard InChI is InChI=1S/C9H14O2/c1-3-4-5-7-6-8(7)9(10)11-2/h4-5,7-8H,3,6H2,1-2H3/b5-4-/t7-,8+/m1/s1. The molecule has 2 heteroatoms. The summed E-state index contributed by atoms with van der Waals surface area (Å²) in [5.41, 5.74) is 0. The van der Waals surface area contributed by atoms with Crippen molar-refractivity contribution >= 4 is 5.97 Å². The molecule has 0 unspecified atom stereocenters. The van der Waals surface area contributed by atoms with Crippen molar-refractivity contribution in [1.82, 2.24) is 0 Å². The minimum absolute atomic E-state index is 0.0595. The molecule has 0 aromatic rings. The Morgan fingerprint density at radius 1 is 1.73 bits per heavy atom. The number of carbonyl (C=O) groups excluding carboxylic acids is 1. The number of hydrogen-bond donors (Lipinski definition) is 0. The SMILES string of the molecule is CC/C=C\[C@@H]1C[C@@H]1C(=O)OC. The van der Waals surface area contributed by atoms with Gasteiger partial charge in [-0.25, -0.2) is 0 Å². The molecule has 0 amide bonds. The van der Waals surface area contributed by atoms with Gasteiger partial charge in [0.15, 0.2) is 0 Å². The Labute approximate surface area is 67.2 Å². The van der Waals surface area contributed by atoms with Crippen LogP contribution in [0.2, 0.25) is 0 Å². The smallest absolute Gasteiger partial charge is 0.309 e. The van der Waals surface area contributed by atoms with Crippen molar-refractivity contribution in [3.05, 3.63) is 12.2 Å². The van der Waals surface area contributed by atoms with Crippen molar-refractivity contribution in [3.8, 4) is 0 Å². The zero-order chi connectivity index (χ0) is 8.27. The van der Waals surface area contributed by atoms with E-state index in [-0.39, 0.29) is 11.9 Å². The third-order valence-corrected chi connectivity index (χ3v) is 1.96. The van der Waals surface area contributed by atoms with E-state index in [1.54, 1.807) is 0 Å². The Bertz CT molecular complexity index is 172. The van der Waals surface area contributed by atoms with Crippen LogP contribution in [0.1, 0.15) is 19.8 Å². The van der Waals surface area contributed by atoms with E-state index in [0.29, 0.717) is 5.92 Å². The van der Waals surface area contributed by atoms with Crippen molar-refractivity contribution in [2.24, 2.45) is 11.8 Å². The van der Waals surface area contributed by atoms with Gasteiger partial charge in [0.25, 0.3) is 0 Å². The van der Waals surface area contributed by atoms with E-state index in [1.807, 2.05) is 0 Å². The monoisotopic (exact) mass is 154 g/mol. The van der Waals surface area contributed by atoms with Crippen molar-refractivity contribution in [2.75, 3.05) is 7.11 Å². The van der Waals surface area contributed by atoms with Gasteiger partial charge in [-0.3, -0.25) is 4.79 Å². The topological polar surface area (TPSA) is 26.3 Å². The Kier molecular flexibility index (Phi) is 2.69. The molecule has 0 spiro atoms. The largest absolute Gasteiger partial charge is 0.469 e. The summed E-state index contributed by atoms with van der Waals surface area (Å²) in [6.07, 6.45) is 6.24. The molecule has 2 atom stereocenters. The third-order valence-electron chi connectivity index (χ3n) is 1.96. The highest BCUT2D eigenvalue weighted by atomic mass is 16.5. The third kappa shape index (κ3) is 2.07. The summed E-state index contributed by atoms with van der Waals surface area (Å²) < 4.78 is 4.61. The molecule has 1 aliphatic carbocycles. The van der Waals surface area contributed by atoms with Crippen LogP contribution < -0.4 is 0 Å². The van der Waals surface area contributed by atoms with E-state index in [4.69, 9.17) is 0 Å². The second-order valence-corrected chi connectivity index (χ2v) is 2.87. The first-order valence-corrected chi connectivity index (χ1v) is 4.04. The number of esters is 1. The van der Waals surface area contributed by atoms with Crippen LogP contribution in [-0.4, -0.2) is 13.1 Å². The molecule has 11 heavy (non-hydrogen) atoms. The molecule has 0 aromatic carbocycles. The fourth-order valence-corrected chi connectivity index (χ4v) is 1.16. The molecule has 0 radical (unpaired) electrons. The summed E-state index contributed by atoms with van der Waals surface area (Å²) in [6.45, 7) is 2.09. The van der Waals surface area contributed by atoms with Gasteiger partial charge in [-0.05, 0) is 18.8 Å². The van der Waals surface area contributed by atoms with E-state index in [2.05, 4.69) is 23.8 Å². The average Bonchev–Trinajstić information content (AvgIpc) is 2.78. The first-order chi connectivity index (χ1) is 5.29. The van der Waals surface area contributed by atoms with Gasteiger partial charge in [-0.15, -0.1) is 0 Å². The second kappa shape index (κ2) is 3.56. The van der Waals surface area contributed by atoms with Crippen LogP contribution in [0.25, 0.3) is 0 Å². The number of allylic oxidation sites excluding steroid dienone is 2. The van der Waals surface area contributed by atoms with Crippen LogP contribution in [0.3, 0.4) is 0 Å². The maximum absolute atomic E-state index is 10.9. The fraction of sp³-hybridized carbons (Fsp3) is 0.667. The molecular formula is C9H14O2. The van der Waals surface area contributed by atoms with Gasteiger partial charge in [0, 0.05) is 0 Å². The first kappa shape index (κ1) is 8.31. The van der Waals surface area contributed by atoms with Crippen LogP contribution in [0.4, 0.5) is 0 Å². The molecule has 0 bridgehead atoms. The molecule has 0 heterocycles. The number of hydrogen-bond acceptors (Lipinski definition) is 2. The van der Waals surface area contributed by atoms with E-state index >= 15 is 0 Å². The predicted molar refractivity (Wildman–Crippen MR) is 43.0 cm³/mol. The lowest BCUT2D eigenvalue weighted by atomic mass is 10.3. The highest BCUT2D eigenvalue weighted by Gasteiger charge is 2.41. The van der Waals surface area contributed by atoms with Crippen LogP contribution in [0, 0.1) is 11.8 Å². The number of carbonyl (C=O) groups is 1. The summed E-state index contributed by atoms with van der Waals surface area (Å²) >= 11 is 0. The number of methoxy groups -OCH3 is 1. The maximum Gasteiger partial charge on any atom is 0.309 e. The Morgan fingerprint density at radius 3 is 3.00 bits per heavy atom. The molecule has 1 aliphatic rings. The number of rotatable bonds is 3. The van der Waals surface area contributed by atoms with Crippen LogP contribution in [0.5, 0.6) is 0 Å². The normalized spacial score (nSPS) is 28.9. The van der Waals surface area contributed by atoms with E-state index in [0.717, 1.165) is 12.8 Å². The van der Waals surface area contributed by atoms with Gasteiger partial charge in [-0.1, -0.05) is 19.1 Å². The van der Waals surface area contributed by atoms with Gasteiger partial charge in [0.05, 0.1) is 13.0 Å². The van der Waals surface area contributed by atoms with Crippen LogP contribution in [-0.2, 0) is 9.53 Å². The van der Waals surface area contributed by atoms with E-state index in [9.17, 15) is 4.79 Å². The van der Waals surface area contributed by atoms with E-state index < -0.39 is 0 Å². The lowest BCUT2D eigenvalue weighted by molar-refractivity contribution is -0.142. The quantitative estimate of drug-likeness (QED) is 0.457. The zero-order valence-corrected chi connectivity index (χ0v) is 7.04. The van der Waals surface area contributed by atoms with E-state index in [1.165, 1.54) is 7.11 Å². The Balaban J connectivity index is 2.26. The molecule has 0 aliphatic heterocycles. The molecule has 0 N–H and O–H groups in total. The van der Waals surface area contributed by atoms with Gasteiger partial charge < -0.3 is 4.74 Å². The lowest BCUT2D eigenvalue weighted by Gasteiger charge is -1.92.